The molecule has 0 spiro atoms. The first-order valence-electron chi connectivity index (χ1n) is 5.39. The topological polar surface area (TPSA) is 127 Å². The van der Waals surface area contributed by atoms with Crippen molar-refractivity contribution in [3.05, 3.63) is 21.8 Å². The fourth-order valence-electron chi connectivity index (χ4n) is 1.43. The number of rotatable bonds is 5. The molecule has 0 heterocycles. The molecule has 10 heteroatoms. The number of carbonyl (C=O) groups is 2. The molecule has 0 fully saturated rings. The summed E-state index contributed by atoms with van der Waals surface area (Å²) in [5.74, 6) is -2.53. The van der Waals surface area contributed by atoms with Gasteiger partial charge in [0, 0.05) is 3.57 Å². The highest BCUT2D eigenvalue weighted by Gasteiger charge is 2.28. The Labute approximate surface area is 160 Å². The van der Waals surface area contributed by atoms with E-state index in [9.17, 15) is 30.0 Å². The molecule has 1 rings (SSSR count). The van der Waals surface area contributed by atoms with Crippen LogP contribution in [0.4, 0.5) is 5.69 Å². The molecule has 1 aromatic rings. The van der Waals surface area contributed by atoms with E-state index >= 15 is 0 Å². The average molecular weight is 633 g/mol. The zero-order valence-corrected chi connectivity index (χ0v) is 16.9. The van der Waals surface area contributed by atoms with Gasteiger partial charge in [0.2, 0.25) is 0 Å². The highest BCUT2D eigenvalue weighted by molar-refractivity contribution is 14.1. The van der Waals surface area contributed by atoms with Crippen LogP contribution in [0.2, 0.25) is 0 Å². The maximum Gasteiger partial charge on any atom is 0.337 e. The Balaban J connectivity index is 3.63. The van der Waals surface area contributed by atoms with Crippen molar-refractivity contribution in [1.82, 2.24) is 0 Å². The standard InChI is InChI=1S/C11H10I3NO6/c1-2(16)9(17)15-8-6(13)3(10(18)19)5(12)4(7(8)14)11(20)21/h2,9,15-17H,1H3,(H,18,19)(H,20,21)/t2-,9-/m0/s1. The third-order valence-corrected chi connectivity index (χ3v) is 5.73. The minimum atomic E-state index is -1.35. The summed E-state index contributed by atoms with van der Waals surface area (Å²) in [7, 11) is 0. The van der Waals surface area contributed by atoms with Gasteiger partial charge in [-0.15, -0.1) is 0 Å². The van der Waals surface area contributed by atoms with E-state index in [1.54, 1.807) is 67.8 Å². The van der Waals surface area contributed by atoms with E-state index in [1.807, 2.05) is 0 Å². The van der Waals surface area contributed by atoms with Crippen molar-refractivity contribution in [2.45, 2.75) is 19.3 Å². The van der Waals surface area contributed by atoms with Crippen LogP contribution >= 0.6 is 67.8 Å². The molecule has 0 aliphatic heterocycles. The molecule has 5 N–H and O–H groups in total. The number of hydrogen-bond acceptors (Lipinski definition) is 5. The van der Waals surface area contributed by atoms with E-state index in [2.05, 4.69) is 5.32 Å². The highest BCUT2D eigenvalue weighted by atomic mass is 127. The zero-order valence-electron chi connectivity index (χ0n) is 10.4. The van der Waals surface area contributed by atoms with Crippen LogP contribution in [0.5, 0.6) is 0 Å². The van der Waals surface area contributed by atoms with Gasteiger partial charge in [0.25, 0.3) is 0 Å². The predicted octanol–water partition coefficient (Wildman–Crippen LogP) is 2.01. The van der Waals surface area contributed by atoms with Gasteiger partial charge in [0.1, 0.15) is 6.23 Å². The summed E-state index contributed by atoms with van der Waals surface area (Å²) in [6, 6.07) is 0. The lowest BCUT2D eigenvalue weighted by molar-refractivity contribution is 0.0495. The Kier molecular flexibility index (Phi) is 6.88. The number of carboxylic acid groups (broad SMARTS) is 2. The largest absolute Gasteiger partial charge is 0.478 e. The number of aromatic carboxylic acids is 2. The second kappa shape index (κ2) is 7.56. The minimum Gasteiger partial charge on any atom is -0.478 e. The van der Waals surface area contributed by atoms with Gasteiger partial charge in [-0.1, -0.05) is 0 Å². The Morgan fingerprint density at radius 2 is 1.33 bits per heavy atom. The van der Waals surface area contributed by atoms with Crippen molar-refractivity contribution in [2.24, 2.45) is 0 Å². The molecule has 0 aromatic heterocycles. The number of halogens is 3. The first kappa shape index (κ1) is 19.1. The predicted molar refractivity (Wildman–Crippen MR) is 99.8 cm³/mol. The molecule has 0 aliphatic carbocycles. The van der Waals surface area contributed by atoms with Crippen LogP contribution in [0.3, 0.4) is 0 Å². The van der Waals surface area contributed by atoms with E-state index in [4.69, 9.17) is 0 Å². The van der Waals surface area contributed by atoms with E-state index in [-0.39, 0.29) is 27.5 Å². The SMILES string of the molecule is C[C@H](O)[C@H](O)Nc1c(I)c(C(=O)O)c(I)c(C(=O)O)c1I. The zero-order chi connectivity index (χ0) is 16.5. The molecular weight excluding hydrogens is 623 g/mol. The summed E-state index contributed by atoms with van der Waals surface area (Å²) in [4.78, 5) is 22.7. The van der Waals surface area contributed by atoms with Gasteiger partial charge in [0.05, 0.1) is 30.1 Å². The maximum absolute atomic E-state index is 11.4. The minimum absolute atomic E-state index is 0.110. The number of aliphatic hydroxyl groups excluding tert-OH is 2. The lowest BCUT2D eigenvalue weighted by Crippen LogP contribution is -2.32. The third kappa shape index (κ3) is 4.08. The van der Waals surface area contributed by atoms with Gasteiger partial charge >= 0.3 is 11.9 Å². The van der Waals surface area contributed by atoms with Crippen LogP contribution < -0.4 is 5.32 Å². The molecule has 0 saturated heterocycles. The van der Waals surface area contributed by atoms with E-state index in [0.29, 0.717) is 0 Å². The van der Waals surface area contributed by atoms with Crippen molar-refractivity contribution in [3.63, 3.8) is 0 Å². The van der Waals surface area contributed by atoms with E-state index < -0.39 is 24.3 Å². The van der Waals surface area contributed by atoms with E-state index in [1.165, 1.54) is 6.92 Å². The maximum atomic E-state index is 11.4. The average Bonchev–Trinajstić information content (AvgIpc) is 2.32. The molecule has 2 atom stereocenters. The van der Waals surface area contributed by atoms with Crippen molar-refractivity contribution in [2.75, 3.05) is 5.32 Å². The van der Waals surface area contributed by atoms with Crippen molar-refractivity contribution in [1.29, 1.82) is 0 Å². The lowest BCUT2D eigenvalue weighted by Gasteiger charge is -2.21. The van der Waals surface area contributed by atoms with Crippen molar-refractivity contribution in [3.8, 4) is 0 Å². The molecule has 0 unspecified atom stereocenters. The van der Waals surface area contributed by atoms with Crippen LogP contribution in [0.25, 0.3) is 0 Å². The first-order chi connectivity index (χ1) is 9.59. The molecule has 0 radical (unpaired) electrons. The van der Waals surface area contributed by atoms with E-state index in [0.717, 1.165) is 0 Å². The summed E-state index contributed by atoms with van der Waals surface area (Å²) in [5.41, 5.74) is -0.150. The fraction of sp³-hybridized carbons (Fsp3) is 0.273. The normalized spacial score (nSPS) is 13.6. The quantitative estimate of drug-likeness (QED) is 0.248. The smallest absolute Gasteiger partial charge is 0.337 e. The summed E-state index contributed by atoms with van der Waals surface area (Å²) in [6.45, 7) is 1.35. The Hall–Kier alpha value is 0.0700. The first-order valence-corrected chi connectivity index (χ1v) is 8.62. The molecular formula is C11H10I3NO6. The highest BCUT2D eigenvalue weighted by Crippen LogP contribution is 2.36. The monoisotopic (exact) mass is 633 g/mol. The van der Waals surface area contributed by atoms with Gasteiger partial charge in [0.15, 0.2) is 0 Å². The molecule has 0 saturated carbocycles. The van der Waals surface area contributed by atoms with Gasteiger partial charge in [-0.2, -0.15) is 0 Å². The number of aliphatic hydroxyl groups is 2. The second-order valence-corrected chi connectivity index (χ2v) is 7.24. The third-order valence-electron chi connectivity index (χ3n) is 2.49. The second-order valence-electron chi connectivity index (χ2n) is 4.01. The molecule has 0 aliphatic rings. The summed E-state index contributed by atoms with van der Waals surface area (Å²) >= 11 is 5.21. The van der Waals surface area contributed by atoms with Crippen LogP contribution in [-0.2, 0) is 0 Å². The molecule has 7 nitrogen and oxygen atoms in total. The van der Waals surface area contributed by atoms with Gasteiger partial charge in [-0.25, -0.2) is 9.59 Å². The molecule has 0 bridgehead atoms. The number of carboxylic acids is 2. The summed E-state index contributed by atoms with van der Waals surface area (Å²) in [5, 5.41) is 40.1. The fourth-order valence-corrected chi connectivity index (χ4v) is 5.84. The Bertz CT molecular complexity index is 563. The molecule has 116 valence electrons. The number of anilines is 1. The van der Waals surface area contributed by atoms with Crippen LogP contribution in [0, 0.1) is 10.7 Å². The number of hydrogen-bond donors (Lipinski definition) is 5. The summed E-state index contributed by atoms with van der Waals surface area (Å²) < 4.78 is 0.635. The van der Waals surface area contributed by atoms with Crippen LogP contribution in [0.15, 0.2) is 0 Å². The van der Waals surface area contributed by atoms with Crippen molar-refractivity contribution < 1.29 is 30.0 Å². The molecule has 1 aromatic carbocycles. The molecule has 21 heavy (non-hydrogen) atoms. The van der Waals surface area contributed by atoms with Gasteiger partial charge in [-0.3, -0.25) is 0 Å². The Morgan fingerprint density at radius 1 is 0.952 bits per heavy atom. The number of nitrogens with one attached hydrogen (secondary N) is 1. The molecule has 0 amide bonds. The Morgan fingerprint density at radius 3 is 1.62 bits per heavy atom. The van der Waals surface area contributed by atoms with Crippen molar-refractivity contribution >= 4 is 85.4 Å². The lowest BCUT2D eigenvalue weighted by atomic mass is 10.1. The number of benzene rings is 1. The van der Waals surface area contributed by atoms with Crippen LogP contribution in [0.1, 0.15) is 27.6 Å². The van der Waals surface area contributed by atoms with Gasteiger partial charge in [-0.05, 0) is 74.7 Å². The van der Waals surface area contributed by atoms with Gasteiger partial charge < -0.3 is 25.7 Å². The summed E-state index contributed by atoms with van der Waals surface area (Å²) in [6.07, 6.45) is -2.46. The van der Waals surface area contributed by atoms with Crippen LogP contribution in [-0.4, -0.2) is 44.7 Å².